The van der Waals surface area contributed by atoms with Crippen LogP contribution in [0.25, 0.3) is 0 Å². The molecule has 140 valence electrons. The fourth-order valence-electron chi connectivity index (χ4n) is 3.07. The second-order valence-corrected chi connectivity index (χ2v) is 6.64. The molecule has 1 aliphatic rings. The SMILES string of the molecule is CC(=O)c1ccc(NC(=O)N2CCN(c3ccc(C(C)=O)cc3)CC2)cc1. The highest BCUT2D eigenvalue weighted by atomic mass is 16.2. The van der Waals surface area contributed by atoms with Crippen molar-refractivity contribution < 1.29 is 14.4 Å². The summed E-state index contributed by atoms with van der Waals surface area (Å²) >= 11 is 0. The quantitative estimate of drug-likeness (QED) is 0.843. The van der Waals surface area contributed by atoms with Gasteiger partial charge in [0.15, 0.2) is 11.6 Å². The van der Waals surface area contributed by atoms with Crippen LogP contribution in [0.5, 0.6) is 0 Å². The molecular formula is C21H23N3O3. The maximum Gasteiger partial charge on any atom is 0.321 e. The Kier molecular flexibility index (Phi) is 5.54. The van der Waals surface area contributed by atoms with E-state index in [4.69, 9.17) is 0 Å². The Balaban J connectivity index is 1.54. The van der Waals surface area contributed by atoms with Crippen molar-refractivity contribution >= 4 is 29.0 Å². The van der Waals surface area contributed by atoms with Crippen LogP contribution in [0, 0.1) is 0 Å². The lowest BCUT2D eigenvalue weighted by molar-refractivity contribution is 0.100. The second-order valence-electron chi connectivity index (χ2n) is 6.64. The third-order valence-electron chi connectivity index (χ3n) is 4.75. The van der Waals surface area contributed by atoms with Crippen LogP contribution in [-0.4, -0.2) is 48.7 Å². The summed E-state index contributed by atoms with van der Waals surface area (Å²) in [6.07, 6.45) is 0. The largest absolute Gasteiger partial charge is 0.368 e. The van der Waals surface area contributed by atoms with Gasteiger partial charge in [0.05, 0.1) is 0 Å². The van der Waals surface area contributed by atoms with E-state index in [9.17, 15) is 14.4 Å². The highest BCUT2D eigenvalue weighted by Gasteiger charge is 2.21. The molecule has 1 N–H and O–H groups in total. The summed E-state index contributed by atoms with van der Waals surface area (Å²) in [7, 11) is 0. The van der Waals surface area contributed by atoms with E-state index in [0.29, 0.717) is 29.9 Å². The average molecular weight is 365 g/mol. The number of carbonyl (C=O) groups excluding carboxylic acids is 3. The standard InChI is InChI=1S/C21H23N3O3/c1-15(25)17-3-7-19(8-4-17)22-21(27)24-13-11-23(12-14-24)20-9-5-18(6-10-20)16(2)26/h3-10H,11-14H2,1-2H3,(H,22,27). The van der Waals surface area contributed by atoms with Gasteiger partial charge in [-0.2, -0.15) is 0 Å². The van der Waals surface area contributed by atoms with Gasteiger partial charge < -0.3 is 15.1 Å². The molecule has 0 aliphatic carbocycles. The second kappa shape index (κ2) is 8.03. The molecule has 1 saturated heterocycles. The molecule has 2 aromatic rings. The molecule has 0 aromatic heterocycles. The fourth-order valence-corrected chi connectivity index (χ4v) is 3.07. The van der Waals surface area contributed by atoms with E-state index in [1.165, 1.54) is 6.92 Å². The Morgan fingerprint density at radius 1 is 0.741 bits per heavy atom. The topological polar surface area (TPSA) is 69.7 Å². The molecule has 1 heterocycles. The summed E-state index contributed by atoms with van der Waals surface area (Å²) in [5, 5.41) is 2.87. The molecule has 0 spiro atoms. The van der Waals surface area contributed by atoms with Crippen molar-refractivity contribution in [3.05, 3.63) is 59.7 Å². The first-order valence-electron chi connectivity index (χ1n) is 8.97. The van der Waals surface area contributed by atoms with Gasteiger partial charge >= 0.3 is 6.03 Å². The summed E-state index contributed by atoms with van der Waals surface area (Å²) in [6.45, 7) is 5.77. The summed E-state index contributed by atoms with van der Waals surface area (Å²) in [6, 6.07) is 14.3. The molecule has 0 radical (unpaired) electrons. The van der Waals surface area contributed by atoms with E-state index in [0.717, 1.165) is 18.8 Å². The van der Waals surface area contributed by atoms with Crippen LogP contribution in [0.1, 0.15) is 34.6 Å². The minimum absolute atomic E-state index is 0.000309. The van der Waals surface area contributed by atoms with Crippen molar-refractivity contribution in [1.29, 1.82) is 0 Å². The lowest BCUT2D eigenvalue weighted by atomic mass is 10.1. The van der Waals surface area contributed by atoms with Crippen LogP contribution in [-0.2, 0) is 0 Å². The average Bonchev–Trinajstić information content (AvgIpc) is 2.68. The number of nitrogens with zero attached hydrogens (tertiary/aromatic N) is 2. The van der Waals surface area contributed by atoms with Crippen molar-refractivity contribution in [2.75, 3.05) is 36.4 Å². The number of anilines is 2. The molecule has 0 atom stereocenters. The van der Waals surface area contributed by atoms with Gasteiger partial charge in [-0.25, -0.2) is 4.79 Å². The lowest BCUT2D eigenvalue weighted by Crippen LogP contribution is -2.50. The van der Waals surface area contributed by atoms with E-state index in [-0.39, 0.29) is 17.6 Å². The van der Waals surface area contributed by atoms with Crippen molar-refractivity contribution in [3.63, 3.8) is 0 Å². The molecule has 27 heavy (non-hydrogen) atoms. The molecule has 2 aromatic carbocycles. The van der Waals surface area contributed by atoms with E-state index in [1.54, 1.807) is 36.1 Å². The van der Waals surface area contributed by atoms with Crippen LogP contribution in [0.2, 0.25) is 0 Å². The number of nitrogens with one attached hydrogen (secondary N) is 1. The summed E-state index contributed by atoms with van der Waals surface area (Å²) in [4.78, 5) is 39.1. The van der Waals surface area contributed by atoms with Crippen LogP contribution < -0.4 is 10.2 Å². The Morgan fingerprint density at radius 2 is 1.22 bits per heavy atom. The number of rotatable bonds is 4. The van der Waals surface area contributed by atoms with E-state index in [2.05, 4.69) is 10.2 Å². The normalized spacial score (nSPS) is 14.0. The number of hydrogen-bond acceptors (Lipinski definition) is 4. The maximum atomic E-state index is 12.4. The fraction of sp³-hybridized carbons (Fsp3) is 0.286. The summed E-state index contributed by atoms with van der Waals surface area (Å²) < 4.78 is 0. The van der Waals surface area contributed by atoms with Crippen LogP contribution in [0.4, 0.5) is 16.2 Å². The zero-order chi connectivity index (χ0) is 19.4. The molecule has 0 unspecified atom stereocenters. The van der Waals surface area contributed by atoms with E-state index in [1.807, 2.05) is 24.3 Å². The van der Waals surface area contributed by atoms with Crippen LogP contribution >= 0.6 is 0 Å². The molecule has 1 fully saturated rings. The highest BCUT2D eigenvalue weighted by Crippen LogP contribution is 2.18. The first-order chi connectivity index (χ1) is 12.9. The minimum atomic E-state index is -0.142. The number of amides is 2. The van der Waals surface area contributed by atoms with Gasteiger partial charge in [-0.15, -0.1) is 0 Å². The number of ketones is 2. The minimum Gasteiger partial charge on any atom is -0.368 e. The Morgan fingerprint density at radius 3 is 1.70 bits per heavy atom. The summed E-state index contributed by atoms with van der Waals surface area (Å²) in [5.74, 6) is 0.0553. The maximum absolute atomic E-state index is 12.4. The first-order valence-corrected chi connectivity index (χ1v) is 8.97. The molecule has 6 nitrogen and oxygen atoms in total. The third kappa shape index (κ3) is 4.53. The third-order valence-corrected chi connectivity index (χ3v) is 4.75. The van der Waals surface area contributed by atoms with Crippen LogP contribution in [0.15, 0.2) is 48.5 Å². The van der Waals surface area contributed by atoms with Gasteiger partial charge in [-0.1, -0.05) is 0 Å². The van der Waals surface area contributed by atoms with Crippen LogP contribution in [0.3, 0.4) is 0 Å². The van der Waals surface area contributed by atoms with Gasteiger partial charge in [-0.3, -0.25) is 9.59 Å². The van der Waals surface area contributed by atoms with E-state index < -0.39 is 0 Å². The Bertz CT molecular complexity index is 836. The van der Waals surface area contributed by atoms with Crippen molar-refractivity contribution in [1.82, 2.24) is 4.90 Å². The van der Waals surface area contributed by atoms with Gasteiger partial charge in [0.2, 0.25) is 0 Å². The Labute approximate surface area is 158 Å². The monoisotopic (exact) mass is 365 g/mol. The Hall–Kier alpha value is -3.15. The van der Waals surface area contributed by atoms with Crippen molar-refractivity contribution in [3.8, 4) is 0 Å². The first kappa shape index (κ1) is 18.6. The van der Waals surface area contributed by atoms with Gasteiger partial charge in [0, 0.05) is 48.7 Å². The van der Waals surface area contributed by atoms with E-state index >= 15 is 0 Å². The number of piperazine rings is 1. The number of hydrogen-bond donors (Lipinski definition) is 1. The zero-order valence-corrected chi connectivity index (χ0v) is 15.6. The lowest BCUT2D eigenvalue weighted by Gasteiger charge is -2.36. The molecule has 1 aliphatic heterocycles. The number of Topliss-reactive ketones (excluding diaryl/α,β-unsaturated/α-hetero) is 2. The molecule has 3 rings (SSSR count). The molecule has 2 amide bonds. The smallest absolute Gasteiger partial charge is 0.321 e. The summed E-state index contributed by atoms with van der Waals surface area (Å²) in [5.41, 5.74) is 3.05. The van der Waals surface area contributed by atoms with Gasteiger partial charge in [-0.05, 0) is 62.4 Å². The number of urea groups is 1. The van der Waals surface area contributed by atoms with Crippen molar-refractivity contribution in [2.45, 2.75) is 13.8 Å². The van der Waals surface area contributed by atoms with Crippen molar-refractivity contribution in [2.24, 2.45) is 0 Å². The number of carbonyl (C=O) groups is 3. The van der Waals surface area contributed by atoms with Gasteiger partial charge in [0.25, 0.3) is 0 Å². The highest BCUT2D eigenvalue weighted by molar-refractivity contribution is 5.95. The molecule has 0 saturated carbocycles. The molecular weight excluding hydrogens is 342 g/mol. The van der Waals surface area contributed by atoms with Gasteiger partial charge in [0.1, 0.15) is 0 Å². The molecule has 0 bridgehead atoms. The number of benzene rings is 2. The predicted octanol–water partition coefficient (Wildman–Crippen LogP) is 3.45. The predicted molar refractivity (Wildman–Crippen MR) is 106 cm³/mol. The zero-order valence-electron chi connectivity index (χ0n) is 15.6. The molecule has 6 heteroatoms.